The molecule has 1 saturated heterocycles. The molecule has 0 radical (unpaired) electrons. The minimum atomic E-state index is 0.122. The van der Waals surface area contributed by atoms with Crippen molar-refractivity contribution in [1.82, 2.24) is 14.9 Å². The van der Waals surface area contributed by atoms with E-state index in [4.69, 9.17) is 0 Å². The van der Waals surface area contributed by atoms with E-state index in [1.54, 1.807) is 22.5 Å². The van der Waals surface area contributed by atoms with E-state index in [1.165, 1.54) is 0 Å². The van der Waals surface area contributed by atoms with Gasteiger partial charge >= 0.3 is 0 Å². The Morgan fingerprint density at radius 3 is 2.94 bits per heavy atom. The number of aromatic nitrogens is 2. The van der Waals surface area contributed by atoms with Gasteiger partial charge in [-0.2, -0.15) is 0 Å². The van der Waals surface area contributed by atoms with Crippen LogP contribution in [-0.4, -0.2) is 41.5 Å². The number of nitrogens with one attached hydrogen (secondary N) is 1. The minimum Gasteiger partial charge on any atom is -0.363 e. The molecule has 1 aromatic rings. The summed E-state index contributed by atoms with van der Waals surface area (Å²) < 4.78 is 1.79. The van der Waals surface area contributed by atoms with Crippen LogP contribution in [0.3, 0.4) is 0 Å². The van der Waals surface area contributed by atoms with Gasteiger partial charge in [0.1, 0.15) is 5.69 Å². The van der Waals surface area contributed by atoms with Crippen LogP contribution in [0.1, 0.15) is 0 Å². The highest BCUT2D eigenvalue weighted by Gasteiger charge is 2.20. The predicted molar refractivity (Wildman–Crippen MR) is 64.3 cm³/mol. The molecule has 86 valence electrons. The van der Waals surface area contributed by atoms with Crippen LogP contribution in [0.15, 0.2) is 16.1 Å². The van der Waals surface area contributed by atoms with Crippen LogP contribution in [0.4, 0.5) is 5.69 Å². The summed E-state index contributed by atoms with van der Waals surface area (Å²) >= 11 is 1.66. The van der Waals surface area contributed by atoms with E-state index >= 15 is 0 Å². The standard InChI is InChI=1S/C10H14N4OS/c15-9-8(13-3-1-11-2-4-13)7-12-10-14(9)5-6-16-10/h7,11H,1-6H2. The van der Waals surface area contributed by atoms with Crippen molar-refractivity contribution in [2.45, 2.75) is 11.7 Å². The Morgan fingerprint density at radius 1 is 1.31 bits per heavy atom. The van der Waals surface area contributed by atoms with Crippen molar-refractivity contribution in [1.29, 1.82) is 0 Å². The SMILES string of the molecule is O=c1c(N2CCNCC2)cnc2n1CCS2. The Labute approximate surface area is 97.9 Å². The maximum absolute atomic E-state index is 12.2. The predicted octanol–water partition coefficient (Wildman–Crippen LogP) is -0.241. The summed E-state index contributed by atoms with van der Waals surface area (Å²) in [4.78, 5) is 18.7. The molecule has 0 saturated carbocycles. The molecule has 6 heteroatoms. The van der Waals surface area contributed by atoms with Crippen molar-refractivity contribution in [3.8, 4) is 0 Å². The fraction of sp³-hybridized carbons (Fsp3) is 0.600. The lowest BCUT2D eigenvalue weighted by molar-refractivity contribution is 0.577. The Kier molecular flexibility index (Phi) is 2.61. The first-order valence-corrected chi connectivity index (χ1v) is 6.53. The number of hydrogen-bond donors (Lipinski definition) is 1. The molecular formula is C10H14N4OS. The van der Waals surface area contributed by atoms with Gasteiger partial charge in [-0.3, -0.25) is 9.36 Å². The first kappa shape index (κ1) is 10.2. The van der Waals surface area contributed by atoms with E-state index in [9.17, 15) is 4.79 Å². The summed E-state index contributed by atoms with van der Waals surface area (Å²) in [5, 5.41) is 4.15. The summed E-state index contributed by atoms with van der Waals surface area (Å²) in [6.45, 7) is 4.46. The molecule has 16 heavy (non-hydrogen) atoms. The van der Waals surface area contributed by atoms with Crippen molar-refractivity contribution in [3.05, 3.63) is 16.6 Å². The van der Waals surface area contributed by atoms with E-state index in [0.717, 1.165) is 49.3 Å². The first-order chi connectivity index (χ1) is 7.86. The Hall–Kier alpha value is -1.01. The van der Waals surface area contributed by atoms with Crippen LogP contribution in [0, 0.1) is 0 Å². The zero-order chi connectivity index (χ0) is 11.0. The van der Waals surface area contributed by atoms with Crippen LogP contribution in [-0.2, 0) is 6.54 Å². The van der Waals surface area contributed by atoms with Crippen LogP contribution in [0.25, 0.3) is 0 Å². The maximum Gasteiger partial charge on any atom is 0.277 e. The van der Waals surface area contributed by atoms with Gasteiger partial charge in [0.25, 0.3) is 5.56 Å². The molecule has 2 aliphatic rings. The van der Waals surface area contributed by atoms with Crippen LogP contribution < -0.4 is 15.8 Å². The number of thioether (sulfide) groups is 1. The van der Waals surface area contributed by atoms with Crippen molar-refractivity contribution < 1.29 is 0 Å². The second-order valence-electron chi connectivity index (χ2n) is 3.97. The highest BCUT2D eigenvalue weighted by molar-refractivity contribution is 7.99. The highest BCUT2D eigenvalue weighted by atomic mass is 32.2. The van der Waals surface area contributed by atoms with Gasteiger partial charge in [0, 0.05) is 38.5 Å². The molecule has 5 nitrogen and oxygen atoms in total. The van der Waals surface area contributed by atoms with E-state index < -0.39 is 0 Å². The number of hydrogen-bond acceptors (Lipinski definition) is 5. The minimum absolute atomic E-state index is 0.122. The number of piperazine rings is 1. The van der Waals surface area contributed by atoms with Gasteiger partial charge < -0.3 is 10.2 Å². The highest BCUT2D eigenvalue weighted by Crippen LogP contribution is 2.22. The smallest absolute Gasteiger partial charge is 0.277 e. The molecule has 0 aromatic carbocycles. The third-order valence-electron chi connectivity index (χ3n) is 3.00. The lowest BCUT2D eigenvalue weighted by atomic mass is 10.3. The zero-order valence-corrected chi connectivity index (χ0v) is 9.79. The van der Waals surface area contributed by atoms with E-state index in [-0.39, 0.29) is 5.56 Å². The Balaban J connectivity index is 1.98. The average molecular weight is 238 g/mol. The fourth-order valence-corrected chi connectivity index (χ4v) is 3.04. The monoisotopic (exact) mass is 238 g/mol. The van der Waals surface area contributed by atoms with E-state index in [1.807, 2.05) is 0 Å². The van der Waals surface area contributed by atoms with Crippen molar-refractivity contribution in [2.75, 3.05) is 36.8 Å². The number of fused-ring (bicyclic) bond motifs is 1. The molecule has 0 atom stereocenters. The average Bonchev–Trinajstić information content (AvgIpc) is 2.80. The summed E-state index contributed by atoms with van der Waals surface area (Å²) in [5.41, 5.74) is 0.879. The number of anilines is 1. The lowest BCUT2D eigenvalue weighted by Crippen LogP contribution is -2.46. The van der Waals surface area contributed by atoms with Gasteiger partial charge in [-0.25, -0.2) is 4.98 Å². The second kappa shape index (κ2) is 4.10. The van der Waals surface area contributed by atoms with Gasteiger partial charge in [-0.05, 0) is 0 Å². The zero-order valence-electron chi connectivity index (χ0n) is 8.98. The van der Waals surface area contributed by atoms with Gasteiger partial charge in [0.2, 0.25) is 0 Å². The Morgan fingerprint density at radius 2 is 2.12 bits per heavy atom. The van der Waals surface area contributed by atoms with Crippen LogP contribution in [0.2, 0.25) is 0 Å². The third-order valence-corrected chi connectivity index (χ3v) is 3.97. The molecule has 1 fully saturated rings. The van der Waals surface area contributed by atoms with Gasteiger partial charge in [0.05, 0.1) is 6.20 Å². The van der Waals surface area contributed by atoms with Gasteiger partial charge in [-0.15, -0.1) is 0 Å². The molecule has 3 rings (SSSR count). The van der Waals surface area contributed by atoms with Gasteiger partial charge in [-0.1, -0.05) is 11.8 Å². The first-order valence-electron chi connectivity index (χ1n) is 5.54. The molecule has 1 aromatic heterocycles. The molecular weight excluding hydrogens is 224 g/mol. The molecule has 3 heterocycles. The summed E-state index contributed by atoms with van der Waals surface area (Å²) in [6, 6.07) is 0. The molecule has 0 unspecified atom stereocenters. The van der Waals surface area contributed by atoms with Crippen LogP contribution in [0.5, 0.6) is 0 Å². The van der Waals surface area contributed by atoms with Gasteiger partial charge in [0.15, 0.2) is 5.16 Å². The van der Waals surface area contributed by atoms with E-state index in [0.29, 0.717) is 0 Å². The fourth-order valence-electron chi connectivity index (χ4n) is 2.13. The van der Waals surface area contributed by atoms with Crippen molar-refractivity contribution in [3.63, 3.8) is 0 Å². The molecule has 0 spiro atoms. The van der Waals surface area contributed by atoms with Crippen molar-refractivity contribution >= 4 is 17.4 Å². The van der Waals surface area contributed by atoms with E-state index in [2.05, 4.69) is 15.2 Å². The molecule has 1 N–H and O–H groups in total. The molecule has 0 aliphatic carbocycles. The summed E-state index contributed by atoms with van der Waals surface area (Å²) in [6.07, 6.45) is 1.73. The largest absolute Gasteiger partial charge is 0.363 e. The second-order valence-corrected chi connectivity index (χ2v) is 5.03. The normalized spacial score (nSPS) is 19.9. The topological polar surface area (TPSA) is 50.2 Å². The third kappa shape index (κ3) is 1.62. The number of nitrogens with zero attached hydrogens (tertiary/aromatic N) is 3. The Bertz CT molecular complexity index is 453. The quantitative estimate of drug-likeness (QED) is 0.684. The maximum atomic E-state index is 12.2. The number of rotatable bonds is 1. The molecule has 0 amide bonds. The summed E-state index contributed by atoms with van der Waals surface area (Å²) in [7, 11) is 0. The lowest BCUT2D eigenvalue weighted by Gasteiger charge is -2.28. The molecule has 2 aliphatic heterocycles. The summed E-state index contributed by atoms with van der Waals surface area (Å²) in [5.74, 6) is 0.966. The van der Waals surface area contributed by atoms with Crippen molar-refractivity contribution in [2.24, 2.45) is 0 Å². The molecule has 0 bridgehead atoms. The van der Waals surface area contributed by atoms with Crippen LogP contribution >= 0.6 is 11.8 Å².